The highest BCUT2D eigenvalue weighted by atomic mass is 19.2. The average molecular weight is 454 g/mol. The summed E-state index contributed by atoms with van der Waals surface area (Å²) in [6.45, 7) is 9.57. The molecule has 5 heteroatoms. The molecule has 2 saturated carbocycles. The van der Waals surface area contributed by atoms with Gasteiger partial charge >= 0.3 is 0 Å². The van der Waals surface area contributed by atoms with Crippen LogP contribution in [0.2, 0.25) is 0 Å². The molecule has 6 atom stereocenters. The molecule has 3 aliphatic carbocycles. The van der Waals surface area contributed by atoms with Gasteiger partial charge < -0.3 is 9.84 Å². The monoisotopic (exact) mass is 453 g/mol. The highest BCUT2D eigenvalue weighted by Gasteiger charge is 2.58. The normalized spacial score (nSPS) is 35.1. The Balaban J connectivity index is 0.00000111. The minimum Gasteiger partial charge on any atom is -0.387 e. The molecule has 1 aliphatic heterocycles. The molecule has 0 spiro atoms. The number of aliphatic hydroxyl groups is 1. The lowest BCUT2D eigenvalue weighted by Crippen LogP contribution is -2.54. The lowest BCUT2D eigenvalue weighted by atomic mass is 9.51. The second kappa shape index (κ2) is 7.78. The number of fused-ring (bicyclic) bond motifs is 9. The molecule has 0 bridgehead atoms. The van der Waals surface area contributed by atoms with Crippen LogP contribution in [0.3, 0.4) is 0 Å². The molecule has 33 heavy (non-hydrogen) atoms. The molecule has 4 nitrogen and oxygen atoms in total. The fourth-order valence-electron chi connectivity index (χ4n) is 7.50. The number of hydrogen-bond donors (Lipinski definition) is 1. The molecule has 1 aromatic carbocycles. The number of hydrogen-bond acceptors (Lipinski definition) is 3. The second-order valence-corrected chi connectivity index (χ2v) is 11.0. The minimum absolute atomic E-state index is 0.0973. The maximum Gasteiger partial charge on any atom is 0.187 e. The second-order valence-electron chi connectivity index (χ2n) is 11.0. The molecule has 2 fully saturated rings. The first-order valence-corrected chi connectivity index (χ1v) is 12.6. The summed E-state index contributed by atoms with van der Waals surface area (Å²) in [6, 6.07) is 7.81. The summed E-state index contributed by atoms with van der Waals surface area (Å²) in [4.78, 5) is 13.8. The Morgan fingerprint density at radius 2 is 1.91 bits per heavy atom. The van der Waals surface area contributed by atoms with Crippen molar-refractivity contribution in [3.8, 4) is 0 Å². The Bertz CT molecular complexity index is 1130. The van der Waals surface area contributed by atoms with E-state index in [1.54, 1.807) is 19.9 Å². The van der Waals surface area contributed by atoms with E-state index in [0.29, 0.717) is 11.4 Å². The van der Waals surface area contributed by atoms with Crippen molar-refractivity contribution in [2.75, 3.05) is 0 Å². The van der Waals surface area contributed by atoms with Gasteiger partial charge in [-0.2, -0.15) is 4.79 Å². The summed E-state index contributed by atoms with van der Waals surface area (Å²) < 4.78 is 21.8. The van der Waals surface area contributed by atoms with Crippen LogP contribution in [0, 0.1) is 17.3 Å². The summed E-state index contributed by atoms with van der Waals surface area (Å²) in [6.07, 6.45) is 5.57. The SMILES string of the molecule is CC.CC(C)(O)C1OC2CCC3(C)C(CCC4Cc5c(n(F)c6ccccc56)C43)C2=CC1=O. The fourth-order valence-corrected chi connectivity index (χ4v) is 7.50. The molecule has 2 aromatic rings. The van der Waals surface area contributed by atoms with Crippen LogP contribution in [0.25, 0.3) is 10.9 Å². The van der Waals surface area contributed by atoms with E-state index in [-0.39, 0.29) is 29.1 Å². The van der Waals surface area contributed by atoms with Gasteiger partial charge in [-0.15, -0.1) is 0 Å². The highest BCUT2D eigenvalue weighted by Crippen LogP contribution is 2.65. The van der Waals surface area contributed by atoms with Crippen molar-refractivity contribution in [1.29, 1.82) is 0 Å². The third kappa shape index (κ3) is 3.19. The van der Waals surface area contributed by atoms with Gasteiger partial charge in [0.1, 0.15) is 6.10 Å². The minimum atomic E-state index is -1.20. The lowest BCUT2D eigenvalue weighted by Gasteiger charge is -2.55. The molecule has 0 saturated heterocycles. The largest absolute Gasteiger partial charge is 0.387 e. The Morgan fingerprint density at radius 1 is 1.18 bits per heavy atom. The number of halogens is 1. The van der Waals surface area contributed by atoms with Crippen molar-refractivity contribution >= 4 is 16.7 Å². The first-order valence-electron chi connectivity index (χ1n) is 12.6. The number of aromatic nitrogens is 1. The molecular formula is C28H36FNO3. The maximum atomic E-state index is 15.6. The maximum absolute atomic E-state index is 15.6. The van der Waals surface area contributed by atoms with E-state index in [0.717, 1.165) is 53.5 Å². The highest BCUT2D eigenvalue weighted by molar-refractivity contribution is 5.96. The summed E-state index contributed by atoms with van der Waals surface area (Å²) in [5.41, 5.74) is 2.51. The predicted molar refractivity (Wildman–Crippen MR) is 128 cm³/mol. The Morgan fingerprint density at radius 3 is 2.64 bits per heavy atom. The first kappa shape index (κ1) is 22.8. The van der Waals surface area contributed by atoms with Crippen molar-refractivity contribution in [1.82, 2.24) is 4.79 Å². The zero-order valence-electron chi connectivity index (χ0n) is 20.4. The van der Waals surface area contributed by atoms with Crippen molar-refractivity contribution < 1.29 is 19.1 Å². The first-order chi connectivity index (χ1) is 15.7. The van der Waals surface area contributed by atoms with Crippen LogP contribution in [0.15, 0.2) is 35.9 Å². The van der Waals surface area contributed by atoms with Gasteiger partial charge in [0, 0.05) is 11.3 Å². The summed E-state index contributed by atoms with van der Waals surface area (Å²) in [7, 11) is 0. The van der Waals surface area contributed by atoms with Gasteiger partial charge in [-0.05, 0) is 86.5 Å². The summed E-state index contributed by atoms with van der Waals surface area (Å²) >= 11 is 0. The van der Waals surface area contributed by atoms with Crippen LogP contribution in [-0.4, -0.2) is 33.5 Å². The molecule has 178 valence electrons. The van der Waals surface area contributed by atoms with Crippen molar-refractivity contribution in [2.45, 2.75) is 90.4 Å². The Labute approximate surface area is 195 Å². The van der Waals surface area contributed by atoms with E-state index in [9.17, 15) is 9.90 Å². The van der Waals surface area contributed by atoms with Gasteiger partial charge in [0.15, 0.2) is 5.78 Å². The molecule has 1 N–H and O–H groups in total. The quantitative estimate of drug-likeness (QED) is 0.585. The van der Waals surface area contributed by atoms with E-state index < -0.39 is 11.7 Å². The number of para-hydroxylation sites is 1. The molecule has 1 aromatic heterocycles. The topological polar surface area (TPSA) is 51.5 Å². The average Bonchev–Trinajstić information content (AvgIpc) is 3.30. The molecule has 4 aliphatic rings. The Hall–Kier alpha value is -1.98. The molecule has 0 radical (unpaired) electrons. The van der Waals surface area contributed by atoms with Crippen LogP contribution < -0.4 is 0 Å². The number of carbonyl (C=O) groups excluding carboxylic acids is 1. The van der Waals surface area contributed by atoms with Gasteiger partial charge in [0.05, 0.1) is 22.9 Å². The third-order valence-electron chi connectivity index (χ3n) is 8.76. The number of rotatable bonds is 1. The molecule has 2 heterocycles. The molecular weight excluding hydrogens is 417 g/mol. The lowest BCUT2D eigenvalue weighted by molar-refractivity contribution is -0.158. The van der Waals surface area contributed by atoms with Crippen molar-refractivity contribution in [3.63, 3.8) is 0 Å². The van der Waals surface area contributed by atoms with Crippen LogP contribution in [0.4, 0.5) is 4.48 Å². The number of nitrogens with zero attached hydrogens (tertiary/aromatic N) is 1. The zero-order chi connectivity index (χ0) is 23.7. The van der Waals surface area contributed by atoms with Gasteiger partial charge in [-0.1, -0.05) is 43.5 Å². The fraction of sp³-hybridized carbons (Fsp3) is 0.607. The molecule has 6 rings (SSSR count). The van der Waals surface area contributed by atoms with Gasteiger partial charge in [-0.25, -0.2) is 0 Å². The van der Waals surface area contributed by atoms with Crippen molar-refractivity contribution in [2.24, 2.45) is 17.3 Å². The smallest absolute Gasteiger partial charge is 0.187 e. The van der Waals surface area contributed by atoms with Crippen LogP contribution >= 0.6 is 0 Å². The molecule has 6 unspecified atom stereocenters. The van der Waals surface area contributed by atoms with E-state index in [4.69, 9.17) is 4.74 Å². The Kier molecular flexibility index (Phi) is 5.37. The summed E-state index contributed by atoms with van der Waals surface area (Å²) in [5.74, 6) is 0.682. The number of ketones is 1. The number of ether oxygens (including phenoxy) is 1. The van der Waals surface area contributed by atoms with E-state index in [1.807, 2.05) is 38.1 Å². The predicted octanol–water partition coefficient (Wildman–Crippen LogP) is 5.90. The standard InChI is InChI=1S/C26H30FNO3.C2H6/c1-25(2,30)24-20(29)13-17-18-9-8-14-12-16-15-6-4-5-7-19(15)28(27)23(16)22(14)26(18,3)11-10-21(17)31-24;1-2/h4-7,13-14,18,21-22,24,30H,8-12H2,1-3H3;1-2H3. The van der Waals surface area contributed by atoms with Gasteiger partial charge in [0.25, 0.3) is 0 Å². The molecule has 0 amide bonds. The van der Waals surface area contributed by atoms with Crippen LogP contribution in [-0.2, 0) is 16.0 Å². The summed E-state index contributed by atoms with van der Waals surface area (Å²) in [5, 5.41) is 11.4. The van der Waals surface area contributed by atoms with E-state index in [1.165, 1.54) is 5.56 Å². The van der Waals surface area contributed by atoms with Gasteiger partial charge in [0.2, 0.25) is 0 Å². The van der Waals surface area contributed by atoms with Crippen LogP contribution in [0.1, 0.15) is 77.5 Å². The third-order valence-corrected chi connectivity index (χ3v) is 8.76. The van der Waals surface area contributed by atoms with Crippen molar-refractivity contribution in [3.05, 3.63) is 47.2 Å². The van der Waals surface area contributed by atoms with E-state index in [2.05, 4.69) is 6.92 Å². The zero-order valence-corrected chi connectivity index (χ0v) is 20.4. The van der Waals surface area contributed by atoms with Crippen LogP contribution in [0.5, 0.6) is 0 Å². The number of benzene rings is 1. The number of carbonyl (C=O) groups is 1. The van der Waals surface area contributed by atoms with Gasteiger partial charge in [-0.3, -0.25) is 4.79 Å². The van der Waals surface area contributed by atoms with E-state index >= 15 is 4.48 Å².